The van der Waals surface area contributed by atoms with E-state index in [2.05, 4.69) is 0 Å². The Morgan fingerprint density at radius 1 is 1.69 bits per heavy atom. The number of nitrogens with zero attached hydrogens (tertiary/aromatic N) is 1. The highest BCUT2D eigenvalue weighted by Crippen LogP contribution is 2.21. The number of carbonyl (C=O) groups is 1. The normalized spacial score (nSPS) is 30.8. The molecular formula is C7H15BN2O3. The van der Waals surface area contributed by atoms with Gasteiger partial charge in [-0.3, -0.25) is 4.79 Å². The molecule has 5 nitrogen and oxygen atoms in total. The molecule has 13 heavy (non-hydrogen) atoms. The van der Waals surface area contributed by atoms with Crippen LogP contribution in [0.1, 0.15) is 20.3 Å². The molecule has 1 fully saturated rings. The number of hydrogen-bond donors (Lipinski definition) is 3. The Bertz CT molecular complexity index is 220. The van der Waals surface area contributed by atoms with E-state index >= 15 is 0 Å². The van der Waals surface area contributed by atoms with E-state index in [0.29, 0.717) is 13.0 Å². The summed E-state index contributed by atoms with van der Waals surface area (Å²) >= 11 is 0. The summed E-state index contributed by atoms with van der Waals surface area (Å²) in [5.74, 6) is -0.800. The second kappa shape index (κ2) is 3.28. The van der Waals surface area contributed by atoms with E-state index in [0.717, 1.165) is 0 Å². The van der Waals surface area contributed by atoms with E-state index < -0.39 is 18.6 Å². The summed E-state index contributed by atoms with van der Waals surface area (Å²) in [5.41, 5.74) is 4.85. The fraction of sp³-hybridized carbons (Fsp3) is 0.857. The van der Waals surface area contributed by atoms with Crippen molar-refractivity contribution in [3.63, 3.8) is 0 Å². The number of amides is 1. The zero-order valence-electron chi connectivity index (χ0n) is 7.90. The topological polar surface area (TPSA) is 86.8 Å². The SMILES string of the molecule is CC(B(O)O)N1CCC(C)(N)C1=O. The maximum atomic E-state index is 11.6. The van der Waals surface area contributed by atoms with Gasteiger partial charge in [-0.2, -0.15) is 0 Å². The van der Waals surface area contributed by atoms with E-state index in [1.807, 2.05) is 0 Å². The Kier molecular flexibility index (Phi) is 2.65. The lowest BCUT2D eigenvalue weighted by Gasteiger charge is -2.25. The molecule has 0 aliphatic carbocycles. The number of likely N-dealkylation sites (tertiary alicyclic amines) is 1. The van der Waals surface area contributed by atoms with Gasteiger partial charge in [0.15, 0.2) is 0 Å². The van der Waals surface area contributed by atoms with Crippen LogP contribution in [0.5, 0.6) is 0 Å². The molecule has 0 bridgehead atoms. The van der Waals surface area contributed by atoms with Gasteiger partial charge in [0.25, 0.3) is 0 Å². The summed E-state index contributed by atoms with van der Waals surface area (Å²) in [5, 5.41) is 17.8. The van der Waals surface area contributed by atoms with E-state index in [1.54, 1.807) is 13.8 Å². The Morgan fingerprint density at radius 2 is 2.23 bits per heavy atom. The molecule has 4 N–H and O–H groups in total. The van der Waals surface area contributed by atoms with Crippen LogP contribution < -0.4 is 5.73 Å². The summed E-state index contributed by atoms with van der Waals surface area (Å²) in [6.07, 6.45) is 0.558. The predicted octanol–water partition coefficient (Wildman–Crippen LogP) is -1.66. The maximum absolute atomic E-state index is 11.6. The van der Waals surface area contributed by atoms with Gasteiger partial charge in [-0.15, -0.1) is 0 Å². The predicted molar refractivity (Wildman–Crippen MR) is 48.6 cm³/mol. The van der Waals surface area contributed by atoms with E-state index in [9.17, 15) is 4.79 Å². The molecule has 0 spiro atoms. The molecule has 1 rings (SSSR count). The molecule has 0 saturated carbocycles. The molecule has 1 saturated heterocycles. The maximum Gasteiger partial charge on any atom is 0.475 e. The van der Waals surface area contributed by atoms with Crippen LogP contribution in [0.25, 0.3) is 0 Å². The van der Waals surface area contributed by atoms with Crippen molar-refractivity contribution in [1.29, 1.82) is 0 Å². The zero-order chi connectivity index (χ0) is 10.2. The molecule has 2 unspecified atom stereocenters. The highest BCUT2D eigenvalue weighted by Gasteiger charge is 2.43. The first-order valence-electron chi connectivity index (χ1n) is 4.32. The van der Waals surface area contributed by atoms with Crippen LogP contribution in [0.4, 0.5) is 0 Å². The molecule has 0 radical (unpaired) electrons. The van der Waals surface area contributed by atoms with Crippen molar-refractivity contribution in [3.8, 4) is 0 Å². The minimum Gasteiger partial charge on any atom is -0.426 e. The van der Waals surface area contributed by atoms with Crippen molar-refractivity contribution in [3.05, 3.63) is 0 Å². The van der Waals surface area contributed by atoms with Gasteiger partial charge in [0, 0.05) is 6.54 Å². The number of hydrogen-bond acceptors (Lipinski definition) is 4. The summed E-state index contributed by atoms with van der Waals surface area (Å²) in [4.78, 5) is 13.0. The smallest absolute Gasteiger partial charge is 0.426 e. The van der Waals surface area contributed by atoms with E-state index in [4.69, 9.17) is 15.8 Å². The Balaban J connectivity index is 2.71. The lowest BCUT2D eigenvalue weighted by molar-refractivity contribution is -0.132. The molecule has 1 amide bonds. The van der Waals surface area contributed by atoms with E-state index in [1.165, 1.54) is 4.90 Å². The first-order chi connectivity index (χ1) is 5.86. The largest absolute Gasteiger partial charge is 0.475 e. The Morgan fingerprint density at radius 3 is 2.54 bits per heavy atom. The van der Waals surface area contributed by atoms with Crippen LogP contribution >= 0.6 is 0 Å². The molecule has 0 aromatic carbocycles. The van der Waals surface area contributed by atoms with Gasteiger partial charge in [-0.25, -0.2) is 0 Å². The molecule has 6 heteroatoms. The lowest BCUT2D eigenvalue weighted by atomic mass is 9.80. The standard InChI is InChI=1S/C7H15BN2O3/c1-5(8(12)13)10-4-3-7(2,9)6(10)11/h5,12-13H,3-4,9H2,1-2H3. The number of nitrogens with two attached hydrogens (primary N) is 1. The molecule has 1 aliphatic heterocycles. The summed E-state index contributed by atoms with van der Waals surface area (Å²) < 4.78 is 0. The molecule has 0 aromatic heterocycles. The average Bonchev–Trinajstić information content (AvgIpc) is 2.27. The van der Waals surface area contributed by atoms with Crippen molar-refractivity contribution in [2.24, 2.45) is 5.73 Å². The fourth-order valence-corrected chi connectivity index (χ4v) is 1.44. The van der Waals surface area contributed by atoms with Crippen molar-refractivity contribution < 1.29 is 14.8 Å². The van der Waals surface area contributed by atoms with Crippen LogP contribution in [0, 0.1) is 0 Å². The molecular weight excluding hydrogens is 171 g/mol. The molecule has 2 atom stereocenters. The van der Waals surface area contributed by atoms with E-state index in [-0.39, 0.29) is 5.91 Å². The van der Waals surface area contributed by atoms with Crippen LogP contribution in [-0.4, -0.2) is 46.0 Å². The minimum atomic E-state index is -1.50. The third-order valence-corrected chi connectivity index (χ3v) is 2.54. The number of carbonyl (C=O) groups excluding carboxylic acids is 1. The minimum absolute atomic E-state index is 0.215. The fourth-order valence-electron chi connectivity index (χ4n) is 1.44. The van der Waals surface area contributed by atoms with Crippen LogP contribution in [0.3, 0.4) is 0 Å². The van der Waals surface area contributed by atoms with Crippen molar-refractivity contribution in [2.75, 3.05) is 6.54 Å². The average molecular weight is 186 g/mol. The van der Waals surface area contributed by atoms with Gasteiger partial charge >= 0.3 is 7.12 Å². The van der Waals surface area contributed by atoms with Gasteiger partial charge in [0.05, 0.1) is 11.5 Å². The van der Waals surface area contributed by atoms with Gasteiger partial charge < -0.3 is 20.7 Å². The monoisotopic (exact) mass is 186 g/mol. The zero-order valence-corrected chi connectivity index (χ0v) is 7.90. The third kappa shape index (κ3) is 1.85. The first kappa shape index (κ1) is 10.5. The van der Waals surface area contributed by atoms with Gasteiger partial charge in [-0.05, 0) is 20.3 Å². The van der Waals surface area contributed by atoms with Gasteiger partial charge in [-0.1, -0.05) is 0 Å². The first-order valence-corrected chi connectivity index (χ1v) is 4.32. The second-order valence-electron chi connectivity index (χ2n) is 3.82. The Hall–Kier alpha value is -0.585. The van der Waals surface area contributed by atoms with Crippen LogP contribution in [0.2, 0.25) is 0 Å². The summed E-state index contributed by atoms with van der Waals surface area (Å²) in [7, 11) is -1.50. The van der Waals surface area contributed by atoms with Crippen molar-refractivity contribution in [2.45, 2.75) is 31.7 Å². The highest BCUT2D eigenvalue weighted by atomic mass is 16.4. The second-order valence-corrected chi connectivity index (χ2v) is 3.82. The quantitative estimate of drug-likeness (QED) is 0.450. The van der Waals surface area contributed by atoms with Crippen molar-refractivity contribution >= 4 is 13.0 Å². The Labute approximate surface area is 77.7 Å². The summed E-state index contributed by atoms with van der Waals surface area (Å²) in [6.45, 7) is 3.74. The van der Waals surface area contributed by atoms with Crippen LogP contribution in [0.15, 0.2) is 0 Å². The summed E-state index contributed by atoms with van der Waals surface area (Å²) in [6, 6.07) is 0. The molecule has 74 valence electrons. The lowest BCUT2D eigenvalue weighted by Crippen LogP contribution is -2.51. The molecule has 0 aromatic rings. The number of rotatable bonds is 2. The highest BCUT2D eigenvalue weighted by molar-refractivity contribution is 6.43. The molecule has 1 aliphatic rings. The third-order valence-electron chi connectivity index (χ3n) is 2.54. The molecule has 1 heterocycles. The van der Waals surface area contributed by atoms with Gasteiger partial charge in [0.2, 0.25) is 5.91 Å². The van der Waals surface area contributed by atoms with Crippen LogP contribution in [-0.2, 0) is 4.79 Å². The van der Waals surface area contributed by atoms with Crippen molar-refractivity contribution in [1.82, 2.24) is 4.90 Å². The van der Waals surface area contributed by atoms with Gasteiger partial charge in [0.1, 0.15) is 0 Å².